The number of rotatable bonds is 7. The van der Waals surface area contributed by atoms with Gasteiger partial charge in [-0.15, -0.1) is 0 Å². The number of carbonyl (C=O) groups is 1. The largest absolute Gasteiger partial charge is 0.370 e. The molecule has 1 unspecified atom stereocenters. The van der Waals surface area contributed by atoms with Crippen LogP contribution in [0.3, 0.4) is 0 Å². The van der Waals surface area contributed by atoms with Crippen molar-refractivity contribution in [1.82, 2.24) is 0 Å². The third kappa shape index (κ3) is 4.15. The van der Waals surface area contributed by atoms with Crippen molar-refractivity contribution in [2.45, 2.75) is 39.2 Å². The van der Waals surface area contributed by atoms with E-state index >= 15 is 0 Å². The summed E-state index contributed by atoms with van der Waals surface area (Å²) in [6, 6.07) is 10.0. The second-order valence-electron chi connectivity index (χ2n) is 3.85. The predicted octanol–water partition coefficient (Wildman–Crippen LogP) is 3.00. The molecule has 0 bridgehead atoms. The van der Waals surface area contributed by atoms with Gasteiger partial charge in [0.05, 0.1) is 0 Å². The maximum Gasteiger partial charge on any atom is 0.161 e. The van der Waals surface area contributed by atoms with Gasteiger partial charge in [0.15, 0.2) is 5.78 Å². The van der Waals surface area contributed by atoms with E-state index in [2.05, 4.69) is 0 Å². The molecule has 0 fully saturated rings. The molecule has 0 N–H and O–H groups in total. The molecule has 88 valence electrons. The maximum atomic E-state index is 11.8. The minimum Gasteiger partial charge on any atom is -0.370 e. The van der Waals surface area contributed by atoms with Gasteiger partial charge in [-0.3, -0.25) is 4.79 Å². The Morgan fingerprint density at radius 1 is 1.25 bits per heavy atom. The van der Waals surface area contributed by atoms with Gasteiger partial charge in [-0.05, 0) is 18.9 Å². The summed E-state index contributed by atoms with van der Waals surface area (Å²) in [6.07, 6.45) is 1.91. The summed E-state index contributed by atoms with van der Waals surface area (Å²) in [5, 5.41) is 0. The first-order valence-corrected chi connectivity index (χ1v) is 5.96. The van der Waals surface area contributed by atoms with Gasteiger partial charge in [0, 0.05) is 19.4 Å². The van der Waals surface area contributed by atoms with Gasteiger partial charge in [-0.25, -0.2) is 0 Å². The monoisotopic (exact) mass is 220 g/mol. The highest BCUT2D eigenvalue weighted by molar-refractivity contribution is 5.83. The number of hydrogen-bond donors (Lipinski definition) is 0. The van der Waals surface area contributed by atoms with E-state index in [0.717, 1.165) is 12.0 Å². The van der Waals surface area contributed by atoms with E-state index in [1.165, 1.54) is 0 Å². The van der Waals surface area contributed by atoms with Gasteiger partial charge >= 0.3 is 0 Å². The number of carbonyl (C=O) groups excluding carboxylic acids is 1. The summed E-state index contributed by atoms with van der Waals surface area (Å²) in [7, 11) is 0. The van der Waals surface area contributed by atoms with Crippen molar-refractivity contribution in [2.75, 3.05) is 6.61 Å². The van der Waals surface area contributed by atoms with Gasteiger partial charge in [0.2, 0.25) is 0 Å². The Labute approximate surface area is 97.6 Å². The molecule has 0 spiro atoms. The lowest BCUT2D eigenvalue weighted by atomic mass is 10.0. The van der Waals surface area contributed by atoms with Gasteiger partial charge < -0.3 is 4.74 Å². The van der Waals surface area contributed by atoms with Crippen molar-refractivity contribution in [2.24, 2.45) is 0 Å². The molecule has 16 heavy (non-hydrogen) atoms. The van der Waals surface area contributed by atoms with Crippen molar-refractivity contribution in [3.05, 3.63) is 35.9 Å². The van der Waals surface area contributed by atoms with E-state index in [1.807, 2.05) is 44.2 Å². The van der Waals surface area contributed by atoms with Crippen LogP contribution in [0.2, 0.25) is 0 Å². The molecule has 1 rings (SSSR count). The summed E-state index contributed by atoms with van der Waals surface area (Å²) in [6.45, 7) is 4.54. The fraction of sp³-hybridized carbons (Fsp3) is 0.500. The minimum absolute atomic E-state index is 0.216. The number of hydrogen-bond acceptors (Lipinski definition) is 2. The van der Waals surface area contributed by atoms with Gasteiger partial charge in [0.25, 0.3) is 0 Å². The molecular formula is C14H20O2. The lowest BCUT2D eigenvalue weighted by Crippen LogP contribution is -2.26. The number of Topliss-reactive ketones (excluding diaryl/α,β-unsaturated/α-hetero) is 1. The topological polar surface area (TPSA) is 26.3 Å². The van der Waals surface area contributed by atoms with E-state index in [9.17, 15) is 4.79 Å². The second-order valence-corrected chi connectivity index (χ2v) is 3.85. The van der Waals surface area contributed by atoms with E-state index in [1.54, 1.807) is 0 Å². The van der Waals surface area contributed by atoms with Crippen molar-refractivity contribution >= 4 is 5.78 Å². The minimum atomic E-state index is -0.271. The molecule has 0 aliphatic carbocycles. The molecule has 2 heteroatoms. The Kier molecular flexibility index (Phi) is 5.79. The first-order valence-electron chi connectivity index (χ1n) is 5.96. The van der Waals surface area contributed by atoms with Crippen LogP contribution in [0.1, 0.15) is 32.3 Å². The normalized spacial score (nSPS) is 12.4. The van der Waals surface area contributed by atoms with Crippen LogP contribution in [0.4, 0.5) is 0 Å². The zero-order valence-electron chi connectivity index (χ0n) is 10.1. The highest BCUT2D eigenvalue weighted by atomic mass is 16.5. The molecule has 1 aromatic rings. The van der Waals surface area contributed by atoms with E-state index < -0.39 is 0 Å². The molecule has 0 amide bonds. The Morgan fingerprint density at radius 3 is 2.50 bits per heavy atom. The zero-order valence-corrected chi connectivity index (χ0v) is 10.1. The van der Waals surface area contributed by atoms with Crippen LogP contribution in [-0.2, 0) is 16.0 Å². The standard InChI is InChI=1S/C14H20O2/c1-3-8-13(15)14(16-4-2)11-12-9-6-5-7-10-12/h5-7,9-10,14H,3-4,8,11H2,1-2H3. The molecule has 1 atom stereocenters. The molecule has 0 saturated heterocycles. The van der Waals surface area contributed by atoms with Crippen molar-refractivity contribution < 1.29 is 9.53 Å². The van der Waals surface area contributed by atoms with Crippen LogP contribution < -0.4 is 0 Å². The van der Waals surface area contributed by atoms with Crippen LogP contribution in [0.15, 0.2) is 30.3 Å². The second kappa shape index (κ2) is 7.18. The number of ether oxygens (including phenoxy) is 1. The molecule has 2 nitrogen and oxygen atoms in total. The van der Waals surface area contributed by atoms with Crippen LogP contribution >= 0.6 is 0 Å². The molecule has 0 aromatic heterocycles. The lowest BCUT2D eigenvalue weighted by molar-refractivity contribution is -0.130. The number of benzene rings is 1. The molecule has 0 aliphatic heterocycles. The summed E-state index contributed by atoms with van der Waals surface area (Å²) in [5.74, 6) is 0.216. The molecule has 0 saturated carbocycles. The molecule has 1 aromatic carbocycles. The summed E-state index contributed by atoms with van der Waals surface area (Å²) < 4.78 is 5.51. The smallest absolute Gasteiger partial charge is 0.161 e. The molecule has 0 radical (unpaired) electrons. The third-order valence-electron chi connectivity index (χ3n) is 2.49. The first-order chi connectivity index (χ1) is 7.77. The Hall–Kier alpha value is -1.15. The highest BCUT2D eigenvalue weighted by Gasteiger charge is 2.17. The van der Waals surface area contributed by atoms with Crippen LogP contribution in [0, 0.1) is 0 Å². The summed E-state index contributed by atoms with van der Waals surface area (Å²) in [4.78, 5) is 11.8. The van der Waals surface area contributed by atoms with Gasteiger partial charge in [0.1, 0.15) is 6.10 Å². The Balaban J connectivity index is 2.60. The average Bonchev–Trinajstić information content (AvgIpc) is 2.30. The van der Waals surface area contributed by atoms with Crippen LogP contribution in [0.5, 0.6) is 0 Å². The average molecular weight is 220 g/mol. The van der Waals surface area contributed by atoms with Gasteiger partial charge in [-0.2, -0.15) is 0 Å². The van der Waals surface area contributed by atoms with Crippen LogP contribution in [0.25, 0.3) is 0 Å². The number of ketones is 1. The quantitative estimate of drug-likeness (QED) is 0.706. The highest BCUT2D eigenvalue weighted by Crippen LogP contribution is 2.09. The first kappa shape index (κ1) is 12.9. The third-order valence-corrected chi connectivity index (χ3v) is 2.49. The van der Waals surface area contributed by atoms with Gasteiger partial charge in [-0.1, -0.05) is 37.3 Å². The fourth-order valence-electron chi connectivity index (χ4n) is 1.70. The molecule has 0 aliphatic rings. The van der Waals surface area contributed by atoms with Crippen LogP contribution in [-0.4, -0.2) is 18.5 Å². The van der Waals surface area contributed by atoms with Crippen molar-refractivity contribution in [3.63, 3.8) is 0 Å². The van der Waals surface area contributed by atoms with Crippen molar-refractivity contribution in [1.29, 1.82) is 0 Å². The van der Waals surface area contributed by atoms with E-state index in [4.69, 9.17) is 4.74 Å². The zero-order chi connectivity index (χ0) is 11.8. The Morgan fingerprint density at radius 2 is 1.94 bits per heavy atom. The molecular weight excluding hydrogens is 200 g/mol. The Bertz CT molecular complexity index is 306. The summed E-state index contributed by atoms with van der Waals surface area (Å²) in [5.41, 5.74) is 1.16. The maximum absolute atomic E-state index is 11.8. The summed E-state index contributed by atoms with van der Waals surface area (Å²) >= 11 is 0. The van der Waals surface area contributed by atoms with E-state index in [-0.39, 0.29) is 11.9 Å². The van der Waals surface area contributed by atoms with E-state index in [0.29, 0.717) is 19.4 Å². The predicted molar refractivity (Wildman–Crippen MR) is 65.5 cm³/mol. The SMILES string of the molecule is CCCC(=O)C(Cc1ccccc1)OCC. The fourth-order valence-corrected chi connectivity index (χ4v) is 1.70. The lowest BCUT2D eigenvalue weighted by Gasteiger charge is -2.15. The van der Waals surface area contributed by atoms with Crippen molar-refractivity contribution in [3.8, 4) is 0 Å². The molecule has 0 heterocycles.